The van der Waals surface area contributed by atoms with Crippen LogP contribution in [0.2, 0.25) is 0 Å². The van der Waals surface area contributed by atoms with Crippen LogP contribution in [0.5, 0.6) is 0 Å². The minimum Gasteiger partial charge on any atom is -0.372 e. The first kappa shape index (κ1) is 20.0. The Hall–Kier alpha value is -2.70. The lowest BCUT2D eigenvalue weighted by Gasteiger charge is -2.35. The zero-order valence-electron chi connectivity index (χ0n) is 16.5. The topological polar surface area (TPSA) is 84.7 Å². The van der Waals surface area contributed by atoms with Crippen LogP contribution in [0.25, 0.3) is 0 Å². The Morgan fingerprint density at radius 2 is 1.61 bits per heavy atom. The summed E-state index contributed by atoms with van der Waals surface area (Å²) in [4.78, 5) is 26.9. The molecule has 0 radical (unpaired) electrons. The minimum atomic E-state index is -0.752. The van der Waals surface area contributed by atoms with Crippen molar-refractivity contribution in [2.45, 2.75) is 39.0 Å². The van der Waals surface area contributed by atoms with E-state index in [0.29, 0.717) is 24.3 Å². The highest BCUT2D eigenvalue weighted by Crippen LogP contribution is 2.18. The molecule has 1 fully saturated rings. The van der Waals surface area contributed by atoms with Gasteiger partial charge in [-0.05, 0) is 50.6 Å². The molecule has 0 aliphatic carbocycles. The lowest BCUT2D eigenvalue weighted by molar-refractivity contribution is -0.117. The van der Waals surface area contributed by atoms with E-state index in [2.05, 4.69) is 5.32 Å². The summed E-state index contributed by atoms with van der Waals surface area (Å²) in [5.74, 6) is -0.324. The average molecular weight is 381 g/mol. The molecule has 1 heterocycles. The Labute approximate surface area is 165 Å². The van der Waals surface area contributed by atoms with E-state index < -0.39 is 6.04 Å². The van der Waals surface area contributed by atoms with E-state index in [0.717, 1.165) is 11.1 Å². The highest BCUT2D eigenvalue weighted by molar-refractivity contribution is 5.97. The molecule has 0 spiro atoms. The summed E-state index contributed by atoms with van der Waals surface area (Å²) in [6.07, 6.45) is 0.0454. The van der Waals surface area contributed by atoms with Crippen LogP contribution >= 0.6 is 0 Å². The van der Waals surface area contributed by atoms with Gasteiger partial charge in [0.25, 0.3) is 5.91 Å². The summed E-state index contributed by atoms with van der Waals surface area (Å²) in [5, 5.41) is 2.81. The predicted octanol–water partition coefficient (Wildman–Crippen LogP) is 2.88. The Bertz CT molecular complexity index is 823. The largest absolute Gasteiger partial charge is 0.372 e. The lowest BCUT2D eigenvalue weighted by Crippen LogP contribution is -2.48. The van der Waals surface area contributed by atoms with Crippen molar-refractivity contribution in [1.82, 2.24) is 4.90 Å². The zero-order chi connectivity index (χ0) is 20.3. The molecular formula is C22H27N3O3. The number of hydrogen-bond acceptors (Lipinski definition) is 4. The molecule has 3 rings (SSSR count). The second-order valence-corrected chi connectivity index (χ2v) is 7.42. The van der Waals surface area contributed by atoms with Gasteiger partial charge in [0.05, 0.1) is 12.2 Å². The van der Waals surface area contributed by atoms with Crippen LogP contribution in [0, 0.1) is 6.92 Å². The van der Waals surface area contributed by atoms with E-state index in [9.17, 15) is 9.59 Å². The number of amides is 2. The number of benzene rings is 2. The standard InChI is InChI=1S/C22H27N3O3/c1-14-4-6-17(7-5-14)20(23)21(26)24-19-10-8-18(9-11-19)22(27)25-12-15(2)28-16(3)13-25/h4-11,15-16,20H,12-13,23H2,1-3H3,(H,24,26). The summed E-state index contributed by atoms with van der Waals surface area (Å²) in [6.45, 7) is 7.06. The first-order valence-electron chi connectivity index (χ1n) is 9.51. The van der Waals surface area contributed by atoms with E-state index in [-0.39, 0.29) is 24.0 Å². The van der Waals surface area contributed by atoms with E-state index in [4.69, 9.17) is 10.5 Å². The third-order valence-corrected chi connectivity index (χ3v) is 4.83. The Morgan fingerprint density at radius 3 is 2.18 bits per heavy atom. The molecular weight excluding hydrogens is 354 g/mol. The number of morpholine rings is 1. The molecule has 3 unspecified atom stereocenters. The maximum Gasteiger partial charge on any atom is 0.254 e. The van der Waals surface area contributed by atoms with Gasteiger partial charge in [-0.1, -0.05) is 29.8 Å². The molecule has 3 N–H and O–H groups in total. The van der Waals surface area contributed by atoms with Crippen molar-refractivity contribution in [1.29, 1.82) is 0 Å². The maximum absolute atomic E-state index is 12.7. The van der Waals surface area contributed by atoms with Gasteiger partial charge in [-0.25, -0.2) is 0 Å². The predicted molar refractivity (Wildman–Crippen MR) is 109 cm³/mol. The number of ether oxygens (including phenoxy) is 1. The molecule has 1 aliphatic rings. The van der Waals surface area contributed by atoms with Gasteiger partial charge in [0.2, 0.25) is 5.91 Å². The highest BCUT2D eigenvalue weighted by atomic mass is 16.5. The SMILES string of the molecule is Cc1ccc(C(N)C(=O)Nc2ccc(C(=O)N3CC(C)OC(C)C3)cc2)cc1. The van der Waals surface area contributed by atoms with Crippen LogP contribution in [0.1, 0.15) is 41.4 Å². The molecule has 2 aromatic carbocycles. The van der Waals surface area contributed by atoms with E-state index >= 15 is 0 Å². The molecule has 148 valence electrons. The molecule has 0 aromatic heterocycles. The number of nitrogens with one attached hydrogen (secondary N) is 1. The van der Waals surface area contributed by atoms with Crippen molar-refractivity contribution < 1.29 is 14.3 Å². The van der Waals surface area contributed by atoms with Gasteiger partial charge in [-0.2, -0.15) is 0 Å². The molecule has 2 aromatic rings. The minimum absolute atomic E-state index is 0.0227. The van der Waals surface area contributed by atoms with Gasteiger partial charge in [0, 0.05) is 24.3 Å². The molecule has 3 atom stereocenters. The van der Waals surface area contributed by atoms with Crippen molar-refractivity contribution in [3.8, 4) is 0 Å². The summed E-state index contributed by atoms with van der Waals surface area (Å²) >= 11 is 0. The van der Waals surface area contributed by atoms with Crippen LogP contribution in [-0.4, -0.2) is 42.0 Å². The normalized spacial score (nSPS) is 20.5. The van der Waals surface area contributed by atoms with E-state index in [1.165, 1.54) is 0 Å². The summed E-state index contributed by atoms with van der Waals surface area (Å²) < 4.78 is 5.68. The van der Waals surface area contributed by atoms with Crippen molar-refractivity contribution in [3.63, 3.8) is 0 Å². The Kier molecular flexibility index (Phi) is 6.11. The quantitative estimate of drug-likeness (QED) is 0.853. The first-order chi connectivity index (χ1) is 13.3. The highest BCUT2D eigenvalue weighted by Gasteiger charge is 2.26. The second kappa shape index (κ2) is 8.54. The van der Waals surface area contributed by atoms with E-state index in [1.54, 1.807) is 29.2 Å². The monoisotopic (exact) mass is 381 g/mol. The van der Waals surface area contributed by atoms with Gasteiger partial charge >= 0.3 is 0 Å². The van der Waals surface area contributed by atoms with Crippen LogP contribution < -0.4 is 11.1 Å². The molecule has 2 amide bonds. The number of carbonyl (C=O) groups excluding carboxylic acids is 2. The summed E-state index contributed by atoms with van der Waals surface area (Å²) in [6, 6.07) is 13.7. The van der Waals surface area contributed by atoms with E-state index in [1.807, 2.05) is 45.0 Å². The third-order valence-electron chi connectivity index (χ3n) is 4.83. The zero-order valence-corrected chi connectivity index (χ0v) is 16.5. The van der Waals surface area contributed by atoms with Crippen molar-refractivity contribution >= 4 is 17.5 Å². The van der Waals surface area contributed by atoms with Gasteiger partial charge in [-0.3, -0.25) is 9.59 Å². The Morgan fingerprint density at radius 1 is 1.04 bits per heavy atom. The fraction of sp³-hybridized carbons (Fsp3) is 0.364. The molecule has 1 saturated heterocycles. The number of aryl methyl sites for hydroxylation is 1. The van der Waals surface area contributed by atoms with Crippen LogP contribution in [0.3, 0.4) is 0 Å². The summed E-state index contributed by atoms with van der Waals surface area (Å²) in [5.41, 5.74) is 9.11. The molecule has 6 nitrogen and oxygen atoms in total. The maximum atomic E-state index is 12.7. The van der Waals surface area contributed by atoms with Gasteiger partial charge in [0.15, 0.2) is 0 Å². The number of nitrogens with two attached hydrogens (primary N) is 1. The fourth-order valence-electron chi connectivity index (χ4n) is 3.37. The van der Waals surface area contributed by atoms with Crippen molar-refractivity contribution in [2.24, 2.45) is 5.73 Å². The Balaban J connectivity index is 1.63. The average Bonchev–Trinajstić information content (AvgIpc) is 2.67. The third kappa shape index (κ3) is 4.77. The fourth-order valence-corrected chi connectivity index (χ4v) is 3.37. The molecule has 28 heavy (non-hydrogen) atoms. The molecule has 0 bridgehead atoms. The summed E-state index contributed by atoms with van der Waals surface area (Å²) in [7, 11) is 0. The number of carbonyl (C=O) groups is 2. The van der Waals surface area contributed by atoms with Crippen LogP contribution in [0.15, 0.2) is 48.5 Å². The van der Waals surface area contributed by atoms with Gasteiger partial charge in [-0.15, -0.1) is 0 Å². The number of nitrogens with zero attached hydrogens (tertiary/aromatic N) is 1. The van der Waals surface area contributed by atoms with Crippen LogP contribution in [0.4, 0.5) is 5.69 Å². The number of rotatable bonds is 4. The molecule has 6 heteroatoms. The number of anilines is 1. The van der Waals surface area contributed by atoms with Gasteiger partial charge in [0.1, 0.15) is 6.04 Å². The van der Waals surface area contributed by atoms with Crippen molar-refractivity contribution in [3.05, 3.63) is 65.2 Å². The second-order valence-electron chi connectivity index (χ2n) is 7.42. The van der Waals surface area contributed by atoms with Crippen molar-refractivity contribution in [2.75, 3.05) is 18.4 Å². The molecule has 0 saturated carbocycles. The first-order valence-corrected chi connectivity index (χ1v) is 9.51. The lowest BCUT2D eigenvalue weighted by atomic mass is 10.1. The van der Waals surface area contributed by atoms with Crippen LogP contribution in [-0.2, 0) is 9.53 Å². The van der Waals surface area contributed by atoms with Gasteiger partial charge < -0.3 is 20.7 Å². The molecule has 1 aliphatic heterocycles. The smallest absolute Gasteiger partial charge is 0.254 e. The number of hydrogen-bond donors (Lipinski definition) is 2.